The van der Waals surface area contributed by atoms with E-state index in [1.165, 1.54) is 0 Å². The highest BCUT2D eigenvalue weighted by Crippen LogP contribution is 2.28. The van der Waals surface area contributed by atoms with Gasteiger partial charge in [0.15, 0.2) is 0 Å². The fourth-order valence-corrected chi connectivity index (χ4v) is 3.00. The number of hydrogen-bond acceptors (Lipinski definition) is 3. The van der Waals surface area contributed by atoms with E-state index in [9.17, 15) is 4.79 Å². The highest BCUT2D eigenvalue weighted by atomic mass is 35.5. The minimum Gasteiger partial charge on any atom is -0.488 e. The van der Waals surface area contributed by atoms with Gasteiger partial charge in [-0.25, -0.2) is 4.98 Å². The lowest BCUT2D eigenvalue weighted by atomic mass is 10.1. The summed E-state index contributed by atoms with van der Waals surface area (Å²) in [6.45, 7) is 0.370. The summed E-state index contributed by atoms with van der Waals surface area (Å²) in [6.07, 6.45) is 0. The van der Waals surface area contributed by atoms with Gasteiger partial charge in [0.2, 0.25) is 0 Å². The van der Waals surface area contributed by atoms with Crippen molar-refractivity contribution in [2.45, 2.75) is 6.61 Å². The number of benzene rings is 3. The Hall–Kier alpha value is -3.11. The van der Waals surface area contributed by atoms with Crippen molar-refractivity contribution in [1.29, 1.82) is 0 Å². The summed E-state index contributed by atoms with van der Waals surface area (Å²) in [5.41, 5.74) is 2.18. The first-order valence-corrected chi connectivity index (χ1v) is 8.54. The molecule has 0 saturated heterocycles. The van der Waals surface area contributed by atoms with Crippen molar-refractivity contribution in [1.82, 2.24) is 9.97 Å². The van der Waals surface area contributed by atoms with Gasteiger partial charge in [-0.05, 0) is 42.0 Å². The summed E-state index contributed by atoms with van der Waals surface area (Å²) >= 11 is 6.02. The van der Waals surface area contributed by atoms with Crippen LogP contribution < -0.4 is 10.3 Å². The standard InChI is InChI=1S/C21H15ClN2O2/c22-15-7-5-6-14(12-15)13-26-19-11-4-2-9-17(19)20-23-18-10-3-1-8-16(18)21(25)24-20/h1-12H,13H2,(H,23,24,25). The van der Waals surface area contributed by atoms with Crippen molar-refractivity contribution in [2.24, 2.45) is 0 Å². The fraction of sp³-hybridized carbons (Fsp3) is 0.0476. The molecule has 1 aromatic heterocycles. The zero-order valence-electron chi connectivity index (χ0n) is 13.8. The topological polar surface area (TPSA) is 55.0 Å². The van der Waals surface area contributed by atoms with Crippen LogP contribution in [-0.4, -0.2) is 9.97 Å². The normalized spacial score (nSPS) is 10.8. The van der Waals surface area contributed by atoms with E-state index >= 15 is 0 Å². The SMILES string of the molecule is O=c1[nH]c(-c2ccccc2OCc2cccc(Cl)c2)nc2ccccc12. The number of H-pyrrole nitrogens is 1. The zero-order valence-corrected chi connectivity index (χ0v) is 14.5. The van der Waals surface area contributed by atoms with Crippen LogP contribution in [0.25, 0.3) is 22.3 Å². The second-order valence-corrected chi connectivity index (χ2v) is 6.28. The largest absolute Gasteiger partial charge is 0.488 e. The molecule has 0 aliphatic rings. The summed E-state index contributed by atoms with van der Waals surface area (Å²) < 4.78 is 5.96. The number of fused-ring (bicyclic) bond motifs is 1. The van der Waals surface area contributed by atoms with Gasteiger partial charge in [-0.3, -0.25) is 4.79 Å². The maximum absolute atomic E-state index is 12.3. The van der Waals surface area contributed by atoms with Crippen molar-refractivity contribution in [3.63, 3.8) is 0 Å². The van der Waals surface area contributed by atoms with Crippen LogP contribution in [0.5, 0.6) is 5.75 Å². The first kappa shape index (κ1) is 16.4. The molecule has 0 unspecified atom stereocenters. The second-order valence-electron chi connectivity index (χ2n) is 5.85. The predicted molar refractivity (Wildman–Crippen MR) is 104 cm³/mol. The monoisotopic (exact) mass is 362 g/mol. The second kappa shape index (κ2) is 7.02. The Kier molecular flexibility index (Phi) is 4.42. The van der Waals surface area contributed by atoms with Gasteiger partial charge < -0.3 is 9.72 Å². The van der Waals surface area contributed by atoms with E-state index in [1.807, 2.05) is 66.7 Å². The van der Waals surface area contributed by atoms with Gasteiger partial charge in [0.05, 0.1) is 16.5 Å². The molecule has 0 aliphatic carbocycles. The minimum atomic E-state index is -0.171. The minimum absolute atomic E-state index is 0.171. The molecule has 3 aromatic carbocycles. The molecular formula is C21H15ClN2O2. The number of halogens is 1. The van der Waals surface area contributed by atoms with Crippen molar-refractivity contribution in [3.8, 4) is 17.1 Å². The quantitative estimate of drug-likeness (QED) is 0.566. The summed E-state index contributed by atoms with van der Waals surface area (Å²) in [7, 11) is 0. The van der Waals surface area contributed by atoms with Crippen LogP contribution in [0, 0.1) is 0 Å². The predicted octanol–water partition coefficient (Wildman–Crippen LogP) is 4.82. The van der Waals surface area contributed by atoms with Crippen LogP contribution in [0.2, 0.25) is 5.02 Å². The van der Waals surface area contributed by atoms with Crippen molar-refractivity contribution in [3.05, 3.63) is 93.7 Å². The van der Waals surface area contributed by atoms with E-state index in [2.05, 4.69) is 9.97 Å². The summed E-state index contributed by atoms with van der Waals surface area (Å²) in [5, 5.41) is 1.23. The van der Waals surface area contributed by atoms with Gasteiger partial charge in [-0.2, -0.15) is 0 Å². The lowest BCUT2D eigenvalue weighted by Gasteiger charge is -2.11. The maximum atomic E-state index is 12.3. The number of nitrogens with zero attached hydrogens (tertiary/aromatic N) is 1. The highest BCUT2D eigenvalue weighted by molar-refractivity contribution is 6.30. The molecule has 0 bridgehead atoms. The molecule has 5 heteroatoms. The fourth-order valence-electron chi connectivity index (χ4n) is 2.79. The van der Waals surface area contributed by atoms with Crippen LogP contribution in [0.15, 0.2) is 77.6 Å². The average molecular weight is 363 g/mol. The van der Waals surface area contributed by atoms with E-state index in [-0.39, 0.29) is 5.56 Å². The van der Waals surface area contributed by atoms with Crippen LogP contribution in [-0.2, 0) is 6.61 Å². The van der Waals surface area contributed by atoms with Crippen molar-refractivity contribution in [2.75, 3.05) is 0 Å². The molecule has 26 heavy (non-hydrogen) atoms. The molecule has 0 amide bonds. The molecule has 128 valence electrons. The van der Waals surface area contributed by atoms with Gasteiger partial charge >= 0.3 is 0 Å². The first-order chi connectivity index (χ1) is 12.7. The molecule has 4 rings (SSSR count). The average Bonchev–Trinajstić information content (AvgIpc) is 2.67. The number of aromatic nitrogens is 2. The molecule has 1 N–H and O–H groups in total. The summed E-state index contributed by atoms with van der Waals surface area (Å²) in [4.78, 5) is 19.8. The molecular weight excluding hydrogens is 348 g/mol. The smallest absolute Gasteiger partial charge is 0.259 e. The molecule has 0 atom stereocenters. The molecule has 0 fully saturated rings. The first-order valence-electron chi connectivity index (χ1n) is 8.16. The third-order valence-electron chi connectivity index (χ3n) is 4.04. The van der Waals surface area contributed by atoms with Crippen LogP contribution in [0.1, 0.15) is 5.56 Å². The lowest BCUT2D eigenvalue weighted by molar-refractivity contribution is 0.307. The maximum Gasteiger partial charge on any atom is 0.259 e. The molecule has 0 radical (unpaired) electrons. The third-order valence-corrected chi connectivity index (χ3v) is 4.27. The van der Waals surface area contributed by atoms with Crippen LogP contribution in [0.4, 0.5) is 0 Å². The number of ether oxygens (including phenoxy) is 1. The Bertz CT molecular complexity index is 1140. The molecule has 0 spiro atoms. The molecule has 1 heterocycles. The van der Waals surface area contributed by atoms with E-state index in [0.717, 1.165) is 11.1 Å². The Labute approximate surface area is 155 Å². The van der Waals surface area contributed by atoms with E-state index in [4.69, 9.17) is 16.3 Å². The third kappa shape index (κ3) is 3.32. The Balaban J connectivity index is 1.71. The van der Waals surface area contributed by atoms with Crippen molar-refractivity contribution < 1.29 is 4.74 Å². The van der Waals surface area contributed by atoms with E-state index in [1.54, 1.807) is 6.07 Å². The Morgan fingerprint density at radius 1 is 0.962 bits per heavy atom. The summed E-state index contributed by atoms with van der Waals surface area (Å²) in [5.74, 6) is 1.13. The molecule has 0 aliphatic heterocycles. The highest BCUT2D eigenvalue weighted by Gasteiger charge is 2.11. The lowest BCUT2D eigenvalue weighted by Crippen LogP contribution is -2.10. The van der Waals surface area contributed by atoms with E-state index < -0.39 is 0 Å². The number of aromatic amines is 1. The van der Waals surface area contributed by atoms with Crippen molar-refractivity contribution >= 4 is 22.5 Å². The van der Waals surface area contributed by atoms with Crippen LogP contribution >= 0.6 is 11.6 Å². The molecule has 4 nitrogen and oxygen atoms in total. The number of para-hydroxylation sites is 2. The van der Waals surface area contributed by atoms with Gasteiger partial charge in [-0.1, -0.05) is 48.0 Å². The summed E-state index contributed by atoms with van der Waals surface area (Å²) in [6, 6.07) is 22.3. The van der Waals surface area contributed by atoms with Gasteiger partial charge in [0.25, 0.3) is 5.56 Å². The number of hydrogen-bond donors (Lipinski definition) is 1. The Morgan fingerprint density at radius 2 is 1.77 bits per heavy atom. The Morgan fingerprint density at radius 3 is 2.65 bits per heavy atom. The van der Waals surface area contributed by atoms with Gasteiger partial charge in [-0.15, -0.1) is 0 Å². The zero-order chi connectivity index (χ0) is 17.9. The molecule has 0 saturated carbocycles. The number of rotatable bonds is 4. The van der Waals surface area contributed by atoms with Gasteiger partial charge in [0.1, 0.15) is 18.2 Å². The van der Waals surface area contributed by atoms with Gasteiger partial charge in [0, 0.05) is 5.02 Å². The van der Waals surface area contributed by atoms with Crippen LogP contribution in [0.3, 0.4) is 0 Å². The number of nitrogens with one attached hydrogen (secondary N) is 1. The molecule has 4 aromatic rings. The van der Waals surface area contributed by atoms with E-state index in [0.29, 0.717) is 34.1 Å².